The molecule has 1 fully saturated rings. The molecular formula is C17H25NO3. The fourth-order valence-corrected chi connectivity index (χ4v) is 2.71. The molecule has 0 saturated carbocycles. The first-order valence-corrected chi connectivity index (χ1v) is 7.75. The van der Waals surface area contributed by atoms with Crippen molar-refractivity contribution in [1.82, 2.24) is 5.32 Å². The molecule has 1 aromatic carbocycles. The van der Waals surface area contributed by atoms with Gasteiger partial charge in [0.05, 0.1) is 5.60 Å². The monoisotopic (exact) mass is 291 g/mol. The van der Waals surface area contributed by atoms with E-state index in [1.807, 2.05) is 18.2 Å². The van der Waals surface area contributed by atoms with E-state index in [0.29, 0.717) is 39.0 Å². The van der Waals surface area contributed by atoms with E-state index in [1.165, 1.54) is 5.56 Å². The van der Waals surface area contributed by atoms with Gasteiger partial charge in [0.2, 0.25) is 5.91 Å². The number of rotatable bonds is 6. The first-order valence-electron chi connectivity index (χ1n) is 7.75. The summed E-state index contributed by atoms with van der Waals surface area (Å²) in [5.74, 6) is 0.237. The van der Waals surface area contributed by atoms with Gasteiger partial charge in [0.15, 0.2) is 0 Å². The third-order valence-electron chi connectivity index (χ3n) is 4.23. The van der Waals surface area contributed by atoms with Crippen LogP contribution in [0.4, 0.5) is 0 Å². The highest BCUT2D eigenvalue weighted by Crippen LogP contribution is 2.23. The lowest BCUT2D eigenvalue weighted by atomic mass is 9.92. The average Bonchev–Trinajstić information content (AvgIpc) is 2.52. The van der Waals surface area contributed by atoms with Gasteiger partial charge in [0.1, 0.15) is 0 Å². The van der Waals surface area contributed by atoms with Crippen LogP contribution in [0, 0.1) is 0 Å². The number of ether oxygens (including phenoxy) is 1. The summed E-state index contributed by atoms with van der Waals surface area (Å²) >= 11 is 0. The molecule has 4 heteroatoms. The molecule has 0 bridgehead atoms. The van der Waals surface area contributed by atoms with Crippen LogP contribution in [0.5, 0.6) is 0 Å². The highest BCUT2D eigenvalue weighted by molar-refractivity contribution is 5.77. The quantitative estimate of drug-likeness (QED) is 0.845. The number of amides is 1. The number of benzene rings is 1. The second-order valence-electron chi connectivity index (χ2n) is 5.83. The third kappa shape index (κ3) is 4.83. The Morgan fingerprint density at radius 3 is 2.62 bits per heavy atom. The first-order chi connectivity index (χ1) is 10.1. The minimum absolute atomic E-state index is 0.00520. The Hall–Kier alpha value is -1.39. The van der Waals surface area contributed by atoms with E-state index >= 15 is 0 Å². The van der Waals surface area contributed by atoms with Gasteiger partial charge in [-0.1, -0.05) is 37.3 Å². The van der Waals surface area contributed by atoms with Crippen molar-refractivity contribution in [2.75, 3.05) is 19.8 Å². The number of carbonyl (C=O) groups is 1. The molecule has 1 aliphatic heterocycles. The van der Waals surface area contributed by atoms with E-state index in [0.717, 1.165) is 6.42 Å². The molecule has 4 nitrogen and oxygen atoms in total. The van der Waals surface area contributed by atoms with Crippen molar-refractivity contribution < 1.29 is 14.6 Å². The number of aliphatic hydroxyl groups is 1. The van der Waals surface area contributed by atoms with Crippen LogP contribution in [0.1, 0.15) is 44.1 Å². The second-order valence-corrected chi connectivity index (χ2v) is 5.83. The van der Waals surface area contributed by atoms with Gasteiger partial charge in [-0.2, -0.15) is 0 Å². The summed E-state index contributed by atoms with van der Waals surface area (Å²) in [5.41, 5.74) is 0.391. The summed E-state index contributed by atoms with van der Waals surface area (Å²) in [6.07, 6.45) is 2.56. The summed E-state index contributed by atoms with van der Waals surface area (Å²) in [6, 6.07) is 10.1. The Labute approximate surface area is 126 Å². The van der Waals surface area contributed by atoms with E-state index in [9.17, 15) is 9.90 Å². The number of hydrogen-bond donors (Lipinski definition) is 2. The van der Waals surface area contributed by atoms with E-state index in [2.05, 4.69) is 24.4 Å². The smallest absolute Gasteiger partial charge is 0.220 e. The summed E-state index contributed by atoms with van der Waals surface area (Å²) < 4.78 is 5.24. The molecule has 1 aromatic rings. The minimum atomic E-state index is -0.803. The molecule has 0 spiro atoms. The summed E-state index contributed by atoms with van der Waals surface area (Å²) in [7, 11) is 0. The van der Waals surface area contributed by atoms with Crippen LogP contribution < -0.4 is 5.32 Å². The zero-order chi connectivity index (χ0) is 15.1. The predicted molar refractivity (Wildman–Crippen MR) is 82.1 cm³/mol. The van der Waals surface area contributed by atoms with Gasteiger partial charge in [0, 0.05) is 39.0 Å². The lowest BCUT2D eigenvalue weighted by Crippen LogP contribution is -2.46. The molecule has 1 amide bonds. The molecule has 1 atom stereocenters. The van der Waals surface area contributed by atoms with Crippen LogP contribution in [0.2, 0.25) is 0 Å². The van der Waals surface area contributed by atoms with Crippen molar-refractivity contribution in [1.29, 1.82) is 0 Å². The fourth-order valence-electron chi connectivity index (χ4n) is 2.71. The maximum atomic E-state index is 12.1. The SMILES string of the molecule is CCC(CC(=O)NCC1(O)CCOCC1)c1ccccc1. The van der Waals surface area contributed by atoms with Crippen LogP contribution >= 0.6 is 0 Å². The summed E-state index contributed by atoms with van der Waals surface area (Å²) in [4.78, 5) is 12.1. The van der Waals surface area contributed by atoms with Crippen LogP contribution in [-0.4, -0.2) is 36.4 Å². The topological polar surface area (TPSA) is 58.6 Å². The molecule has 1 heterocycles. The largest absolute Gasteiger partial charge is 0.388 e. The van der Waals surface area contributed by atoms with Gasteiger partial charge in [-0.3, -0.25) is 4.79 Å². The lowest BCUT2D eigenvalue weighted by molar-refractivity contribution is -0.124. The molecule has 0 radical (unpaired) electrons. The highest BCUT2D eigenvalue weighted by atomic mass is 16.5. The van der Waals surface area contributed by atoms with Gasteiger partial charge in [-0.05, 0) is 17.9 Å². The maximum Gasteiger partial charge on any atom is 0.220 e. The highest BCUT2D eigenvalue weighted by Gasteiger charge is 2.30. The molecule has 1 aliphatic rings. The predicted octanol–water partition coefficient (Wildman–Crippen LogP) is 2.23. The Kier molecular flexibility index (Phi) is 5.76. The maximum absolute atomic E-state index is 12.1. The van der Waals surface area contributed by atoms with Crippen molar-refractivity contribution in [3.8, 4) is 0 Å². The van der Waals surface area contributed by atoms with Gasteiger partial charge < -0.3 is 15.2 Å². The number of carbonyl (C=O) groups excluding carboxylic acids is 1. The van der Waals surface area contributed by atoms with Crippen LogP contribution in [0.15, 0.2) is 30.3 Å². The van der Waals surface area contributed by atoms with E-state index in [4.69, 9.17) is 4.74 Å². The normalized spacial score (nSPS) is 19.0. The zero-order valence-electron chi connectivity index (χ0n) is 12.7. The minimum Gasteiger partial charge on any atom is -0.388 e. The van der Waals surface area contributed by atoms with Crippen molar-refractivity contribution in [2.45, 2.75) is 44.1 Å². The molecule has 0 aromatic heterocycles. The van der Waals surface area contributed by atoms with Crippen molar-refractivity contribution in [3.05, 3.63) is 35.9 Å². The van der Waals surface area contributed by atoms with Crippen molar-refractivity contribution in [2.24, 2.45) is 0 Å². The Morgan fingerprint density at radius 1 is 1.33 bits per heavy atom. The molecule has 116 valence electrons. The fraction of sp³-hybridized carbons (Fsp3) is 0.588. The van der Waals surface area contributed by atoms with Gasteiger partial charge >= 0.3 is 0 Å². The third-order valence-corrected chi connectivity index (χ3v) is 4.23. The molecule has 1 unspecified atom stereocenters. The molecule has 21 heavy (non-hydrogen) atoms. The van der Waals surface area contributed by atoms with E-state index < -0.39 is 5.60 Å². The van der Waals surface area contributed by atoms with Gasteiger partial charge in [-0.15, -0.1) is 0 Å². The van der Waals surface area contributed by atoms with Crippen molar-refractivity contribution in [3.63, 3.8) is 0 Å². The number of hydrogen-bond acceptors (Lipinski definition) is 3. The van der Waals surface area contributed by atoms with E-state index in [1.54, 1.807) is 0 Å². The van der Waals surface area contributed by atoms with Gasteiger partial charge in [0.25, 0.3) is 0 Å². The van der Waals surface area contributed by atoms with Crippen LogP contribution in [-0.2, 0) is 9.53 Å². The van der Waals surface area contributed by atoms with Crippen LogP contribution in [0.25, 0.3) is 0 Å². The standard InChI is InChI=1S/C17H25NO3/c1-2-14(15-6-4-3-5-7-15)12-16(19)18-13-17(20)8-10-21-11-9-17/h3-7,14,20H,2,8-13H2,1H3,(H,18,19). The lowest BCUT2D eigenvalue weighted by Gasteiger charge is -2.32. The first kappa shape index (κ1) is 16.0. The van der Waals surface area contributed by atoms with Crippen molar-refractivity contribution >= 4 is 5.91 Å². The Balaban J connectivity index is 1.83. The molecular weight excluding hydrogens is 266 g/mol. The average molecular weight is 291 g/mol. The number of nitrogens with one attached hydrogen (secondary N) is 1. The van der Waals surface area contributed by atoms with E-state index in [-0.39, 0.29) is 11.8 Å². The summed E-state index contributed by atoms with van der Waals surface area (Å²) in [5, 5.41) is 13.2. The summed E-state index contributed by atoms with van der Waals surface area (Å²) in [6.45, 7) is 3.54. The zero-order valence-corrected chi connectivity index (χ0v) is 12.7. The molecule has 2 N–H and O–H groups in total. The van der Waals surface area contributed by atoms with Crippen LogP contribution in [0.3, 0.4) is 0 Å². The Morgan fingerprint density at radius 2 is 2.00 bits per heavy atom. The van der Waals surface area contributed by atoms with Gasteiger partial charge in [-0.25, -0.2) is 0 Å². The second kappa shape index (κ2) is 7.57. The molecule has 0 aliphatic carbocycles. The molecule has 2 rings (SSSR count). The molecule has 1 saturated heterocycles. The Bertz CT molecular complexity index is 441.